The lowest BCUT2D eigenvalue weighted by Crippen LogP contribution is -2.10. The number of ketones is 1. The van der Waals surface area contributed by atoms with Gasteiger partial charge >= 0.3 is 0 Å². The second-order valence-electron chi connectivity index (χ2n) is 5.38. The van der Waals surface area contributed by atoms with Crippen LogP contribution in [-0.2, 0) is 19.3 Å². The van der Waals surface area contributed by atoms with E-state index < -0.39 is 0 Å². The van der Waals surface area contributed by atoms with E-state index in [1.54, 1.807) is 0 Å². The minimum atomic E-state index is 0.0834. The van der Waals surface area contributed by atoms with Crippen LogP contribution in [0.25, 0.3) is 0 Å². The molecule has 76 valence electrons. The van der Waals surface area contributed by atoms with Gasteiger partial charge in [-0.1, -0.05) is 12.1 Å². The zero-order valence-corrected chi connectivity index (χ0v) is 8.81. The Morgan fingerprint density at radius 2 is 1.87 bits per heavy atom. The average Bonchev–Trinajstić information content (AvgIpc) is 2.75. The lowest BCUT2D eigenvalue weighted by Gasteiger charge is -2.05. The number of carbonyl (C=O) groups is 1. The fraction of sp³-hybridized carbons (Fsp3) is 0.500. The van der Waals surface area contributed by atoms with Crippen molar-refractivity contribution in [3.63, 3.8) is 0 Å². The molecule has 1 heteroatoms. The van der Waals surface area contributed by atoms with E-state index in [-0.39, 0.29) is 5.41 Å². The van der Waals surface area contributed by atoms with Gasteiger partial charge in [-0.05, 0) is 55.2 Å². The van der Waals surface area contributed by atoms with Gasteiger partial charge in [0.2, 0.25) is 0 Å². The summed E-state index contributed by atoms with van der Waals surface area (Å²) in [7, 11) is 0. The van der Waals surface area contributed by atoms with E-state index in [2.05, 4.69) is 12.1 Å². The van der Waals surface area contributed by atoms with Crippen LogP contribution in [0.1, 0.15) is 46.3 Å². The highest BCUT2D eigenvalue weighted by atomic mass is 16.1. The molecule has 1 fully saturated rings. The summed E-state index contributed by atoms with van der Waals surface area (Å²) in [6.45, 7) is 0. The highest BCUT2D eigenvalue weighted by molar-refractivity contribution is 6.08. The Bertz CT molecular complexity index is 480. The van der Waals surface area contributed by atoms with Gasteiger partial charge in [0.15, 0.2) is 5.78 Å². The van der Waals surface area contributed by atoms with Gasteiger partial charge in [-0.2, -0.15) is 0 Å². The fourth-order valence-electron chi connectivity index (χ4n) is 3.41. The zero-order chi connectivity index (χ0) is 10.0. The largest absolute Gasteiger partial charge is 0.294 e. The summed E-state index contributed by atoms with van der Waals surface area (Å²) in [5, 5.41) is 0. The summed E-state index contributed by atoms with van der Waals surface area (Å²) in [6, 6.07) is 4.47. The second kappa shape index (κ2) is 2.34. The molecule has 0 radical (unpaired) electrons. The van der Waals surface area contributed by atoms with Crippen LogP contribution in [0.5, 0.6) is 0 Å². The Balaban J connectivity index is 1.98. The molecule has 1 nitrogen and oxygen atoms in total. The molecule has 4 rings (SSSR count). The van der Waals surface area contributed by atoms with E-state index in [0.29, 0.717) is 5.78 Å². The van der Waals surface area contributed by atoms with Gasteiger partial charge in [0.1, 0.15) is 0 Å². The van der Waals surface area contributed by atoms with Gasteiger partial charge in [0.25, 0.3) is 0 Å². The molecule has 0 aromatic heterocycles. The van der Waals surface area contributed by atoms with Crippen molar-refractivity contribution in [3.05, 3.63) is 34.4 Å². The maximum Gasteiger partial charge on any atom is 0.169 e. The van der Waals surface area contributed by atoms with Crippen LogP contribution in [0.3, 0.4) is 0 Å². The standard InChI is InChI=1S/C14H14O/c15-13-12-10(8-14(13)6-7-14)5-4-9-2-1-3-11(9)12/h4-5H,1-3,6-8H2. The molecule has 0 heterocycles. The van der Waals surface area contributed by atoms with Crippen molar-refractivity contribution >= 4 is 5.78 Å². The van der Waals surface area contributed by atoms with Crippen molar-refractivity contribution < 1.29 is 4.79 Å². The molecule has 3 aliphatic rings. The van der Waals surface area contributed by atoms with Gasteiger partial charge in [0.05, 0.1) is 0 Å². The van der Waals surface area contributed by atoms with Crippen LogP contribution in [0.15, 0.2) is 12.1 Å². The number of hydrogen-bond acceptors (Lipinski definition) is 1. The molecule has 0 N–H and O–H groups in total. The van der Waals surface area contributed by atoms with Crippen molar-refractivity contribution in [1.82, 2.24) is 0 Å². The Morgan fingerprint density at radius 1 is 1.07 bits per heavy atom. The highest BCUT2D eigenvalue weighted by Crippen LogP contribution is 2.56. The SMILES string of the molecule is O=C1c2c(ccc3c2CCC3)CC12CC2. The highest BCUT2D eigenvalue weighted by Gasteiger charge is 2.55. The van der Waals surface area contributed by atoms with E-state index in [4.69, 9.17) is 0 Å². The van der Waals surface area contributed by atoms with E-state index in [1.165, 1.54) is 29.5 Å². The van der Waals surface area contributed by atoms with Gasteiger partial charge in [-0.15, -0.1) is 0 Å². The van der Waals surface area contributed by atoms with Gasteiger partial charge in [-0.3, -0.25) is 4.79 Å². The molecule has 0 bridgehead atoms. The lowest BCUT2D eigenvalue weighted by molar-refractivity contribution is 0.0918. The molecule has 3 aliphatic carbocycles. The first-order chi connectivity index (χ1) is 7.30. The Kier molecular flexibility index (Phi) is 1.26. The first-order valence-corrected chi connectivity index (χ1v) is 5.99. The summed E-state index contributed by atoms with van der Waals surface area (Å²) in [5.41, 5.74) is 5.42. The monoisotopic (exact) mass is 198 g/mol. The molecule has 15 heavy (non-hydrogen) atoms. The molecule has 1 aromatic rings. The predicted molar refractivity (Wildman–Crippen MR) is 58.2 cm³/mol. The summed E-state index contributed by atoms with van der Waals surface area (Å²) in [6.07, 6.45) is 6.87. The molecule has 0 saturated heterocycles. The maximum absolute atomic E-state index is 12.3. The minimum absolute atomic E-state index is 0.0834. The number of hydrogen-bond donors (Lipinski definition) is 0. The van der Waals surface area contributed by atoms with Gasteiger partial charge in [0, 0.05) is 11.0 Å². The predicted octanol–water partition coefficient (Wildman–Crippen LogP) is 2.69. The summed E-state index contributed by atoms with van der Waals surface area (Å²) in [4.78, 5) is 12.3. The van der Waals surface area contributed by atoms with Crippen LogP contribution in [0.2, 0.25) is 0 Å². The molecule has 1 aromatic carbocycles. The first-order valence-electron chi connectivity index (χ1n) is 5.99. The quantitative estimate of drug-likeness (QED) is 0.626. The van der Waals surface area contributed by atoms with Crippen molar-refractivity contribution in [2.45, 2.75) is 38.5 Å². The number of aryl methyl sites for hydroxylation is 1. The second-order valence-corrected chi connectivity index (χ2v) is 5.38. The van der Waals surface area contributed by atoms with Crippen molar-refractivity contribution in [3.8, 4) is 0 Å². The third-order valence-corrected chi connectivity index (χ3v) is 4.46. The first kappa shape index (κ1) is 8.09. The molecule has 1 spiro atoms. The summed E-state index contributed by atoms with van der Waals surface area (Å²) >= 11 is 0. The Labute approximate surface area is 89.5 Å². The van der Waals surface area contributed by atoms with Gasteiger partial charge in [-0.25, -0.2) is 0 Å². The number of carbonyl (C=O) groups excluding carboxylic acids is 1. The topological polar surface area (TPSA) is 17.1 Å². The lowest BCUT2D eigenvalue weighted by atomic mass is 9.98. The Morgan fingerprint density at radius 3 is 2.67 bits per heavy atom. The van der Waals surface area contributed by atoms with Crippen LogP contribution in [0, 0.1) is 5.41 Å². The maximum atomic E-state index is 12.3. The molecular weight excluding hydrogens is 184 g/mol. The van der Waals surface area contributed by atoms with Crippen LogP contribution in [-0.4, -0.2) is 5.78 Å². The number of fused-ring (bicyclic) bond motifs is 3. The molecule has 1 saturated carbocycles. The van der Waals surface area contributed by atoms with Crippen LogP contribution >= 0.6 is 0 Å². The molecule has 0 unspecified atom stereocenters. The van der Waals surface area contributed by atoms with Crippen LogP contribution in [0.4, 0.5) is 0 Å². The molecule has 0 amide bonds. The van der Waals surface area contributed by atoms with Crippen molar-refractivity contribution in [2.75, 3.05) is 0 Å². The Hall–Kier alpha value is -1.11. The minimum Gasteiger partial charge on any atom is -0.294 e. The van der Waals surface area contributed by atoms with E-state index in [0.717, 1.165) is 31.2 Å². The number of benzene rings is 1. The van der Waals surface area contributed by atoms with Crippen molar-refractivity contribution in [2.24, 2.45) is 5.41 Å². The summed E-state index contributed by atoms with van der Waals surface area (Å²) in [5.74, 6) is 0.483. The molecule has 0 atom stereocenters. The van der Waals surface area contributed by atoms with E-state index in [9.17, 15) is 4.79 Å². The number of rotatable bonds is 0. The van der Waals surface area contributed by atoms with E-state index in [1.807, 2.05) is 0 Å². The fourth-order valence-corrected chi connectivity index (χ4v) is 3.41. The van der Waals surface area contributed by atoms with E-state index >= 15 is 0 Å². The normalized spacial score (nSPS) is 24.4. The average molecular weight is 198 g/mol. The van der Waals surface area contributed by atoms with Crippen LogP contribution < -0.4 is 0 Å². The van der Waals surface area contributed by atoms with Crippen molar-refractivity contribution in [1.29, 1.82) is 0 Å². The summed E-state index contributed by atoms with van der Waals surface area (Å²) < 4.78 is 0. The molecular formula is C14H14O. The van der Waals surface area contributed by atoms with Gasteiger partial charge < -0.3 is 0 Å². The third kappa shape index (κ3) is 0.871. The zero-order valence-electron chi connectivity index (χ0n) is 8.81. The molecule has 0 aliphatic heterocycles. The smallest absolute Gasteiger partial charge is 0.169 e. The number of Topliss-reactive ketones (excluding diaryl/α,β-unsaturated/α-hetero) is 1. The third-order valence-electron chi connectivity index (χ3n) is 4.46.